The molecule has 2 aromatic rings. The van der Waals surface area contributed by atoms with E-state index in [-0.39, 0.29) is 24.7 Å². The SMILES string of the molecule is CCOC(=O)Cc1csc(NC(=O)CCn2cnnn2)n1. The first-order valence-electron chi connectivity index (χ1n) is 6.28. The van der Waals surface area contributed by atoms with Gasteiger partial charge in [0.2, 0.25) is 5.91 Å². The number of esters is 1. The highest BCUT2D eigenvalue weighted by atomic mass is 32.1. The van der Waals surface area contributed by atoms with Crippen molar-refractivity contribution in [2.24, 2.45) is 0 Å². The minimum absolute atomic E-state index is 0.102. The molecule has 2 aromatic heterocycles. The summed E-state index contributed by atoms with van der Waals surface area (Å²) in [5, 5.41) is 15.4. The normalized spacial score (nSPS) is 10.3. The van der Waals surface area contributed by atoms with Gasteiger partial charge in [-0.05, 0) is 17.4 Å². The summed E-state index contributed by atoms with van der Waals surface area (Å²) in [6.45, 7) is 2.47. The van der Waals surface area contributed by atoms with Gasteiger partial charge < -0.3 is 10.1 Å². The average Bonchev–Trinajstić information content (AvgIpc) is 3.08. The number of rotatable bonds is 7. The number of amides is 1. The molecule has 0 spiro atoms. The number of tetrazole rings is 1. The lowest BCUT2D eigenvalue weighted by molar-refractivity contribution is -0.142. The molecule has 2 heterocycles. The van der Waals surface area contributed by atoms with Gasteiger partial charge in [-0.15, -0.1) is 16.4 Å². The van der Waals surface area contributed by atoms with E-state index in [9.17, 15) is 9.59 Å². The van der Waals surface area contributed by atoms with Crippen molar-refractivity contribution in [2.75, 3.05) is 11.9 Å². The molecule has 10 heteroatoms. The Morgan fingerprint density at radius 1 is 1.48 bits per heavy atom. The fraction of sp³-hybridized carbons (Fsp3) is 0.455. The van der Waals surface area contributed by atoms with Crippen LogP contribution in [0.25, 0.3) is 0 Å². The summed E-state index contributed by atoms with van der Waals surface area (Å²) in [5.74, 6) is -0.526. The predicted octanol–water partition coefficient (Wildman–Crippen LogP) is 0.264. The third-order valence-corrected chi connectivity index (χ3v) is 3.19. The maximum atomic E-state index is 11.7. The van der Waals surface area contributed by atoms with Crippen molar-refractivity contribution in [3.63, 3.8) is 0 Å². The maximum absolute atomic E-state index is 11.7. The number of ether oxygens (including phenoxy) is 1. The fourth-order valence-corrected chi connectivity index (χ4v) is 2.21. The summed E-state index contributed by atoms with van der Waals surface area (Å²) in [6, 6.07) is 0. The zero-order valence-electron chi connectivity index (χ0n) is 11.4. The van der Waals surface area contributed by atoms with Gasteiger partial charge in [-0.1, -0.05) is 0 Å². The zero-order chi connectivity index (χ0) is 15.1. The molecule has 0 aromatic carbocycles. The summed E-state index contributed by atoms with van der Waals surface area (Å²) in [6.07, 6.45) is 1.77. The Kier molecular flexibility index (Phi) is 5.32. The quantitative estimate of drug-likeness (QED) is 0.730. The molecule has 0 radical (unpaired) electrons. The van der Waals surface area contributed by atoms with Gasteiger partial charge in [-0.3, -0.25) is 9.59 Å². The molecule has 0 bridgehead atoms. The first kappa shape index (κ1) is 15.0. The van der Waals surface area contributed by atoms with Crippen molar-refractivity contribution in [1.29, 1.82) is 0 Å². The highest BCUT2D eigenvalue weighted by molar-refractivity contribution is 7.13. The number of carbonyl (C=O) groups is 2. The molecule has 0 saturated carbocycles. The Morgan fingerprint density at radius 3 is 3.05 bits per heavy atom. The molecule has 2 rings (SSSR count). The van der Waals surface area contributed by atoms with E-state index in [4.69, 9.17) is 4.74 Å². The molecule has 112 valence electrons. The third kappa shape index (κ3) is 4.91. The van der Waals surface area contributed by atoms with Crippen LogP contribution in [0.4, 0.5) is 5.13 Å². The molecule has 0 fully saturated rings. The Morgan fingerprint density at radius 2 is 2.33 bits per heavy atom. The molecule has 1 N–H and O–H groups in total. The van der Waals surface area contributed by atoms with Crippen molar-refractivity contribution in [3.8, 4) is 0 Å². The third-order valence-electron chi connectivity index (χ3n) is 2.39. The monoisotopic (exact) mass is 310 g/mol. The first-order chi connectivity index (χ1) is 10.2. The number of aryl methyl sites for hydroxylation is 1. The lowest BCUT2D eigenvalue weighted by Gasteiger charge is -2.01. The van der Waals surface area contributed by atoms with Gasteiger partial charge in [-0.2, -0.15) is 0 Å². The molecule has 1 amide bonds. The smallest absolute Gasteiger partial charge is 0.311 e. The predicted molar refractivity (Wildman–Crippen MR) is 73.5 cm³/mol. The number of nitrogens with zero attached hydrogens (tertiary/aromatic N) is 5. The van der Waals surface area contributed by atoms with E-state index < -0.39 is 0 Å². The Labute approximate surface area is 124 Å². The van der Waals surface area contributed by atoms with Crippen molar-refractivity contribution in [1.82, 2.24) is 25.2 Å². The number of hydrogen-bond donors (Lipinski definition) is 1. The second-order valence-electron chi connectivity index (χ2n) is 4.00. The number of nitrogens with one attached hydrogen (secondary N) is 1. The molecular weight excluding hydrogens is 296 g/mol. The molecule has 9 nitrogen and oxygen atoms in total. The van der Waals surface area contributed by atoms with Crippen LogP contribution in [0, 0.1) is 0 Å². The van der Waals surface area contributed by atoms with Gasteiger partial charge in [-0.25, -0.2) is 9.67 Å². The van der Waals surface area contributed by atoms with E-state index >= 15 is 0 Å². The number of anilines is 1. The second-order valence-corrected chi connectivity index (χ2v) is 4.85. The minimum Gasteiger partial charge on any atom is -0.466 e. The van der Waals surface area contributed by atoms with E-state index in [1.165, 1.54) is 22.3 Å². The van der Waals surface area contributed by atoms with Crippen molar-refractivity contribution in [2.45, 2.75) is 26.3 Å². The topological polar surface area (TPSA) is 112 Å². The van der Waals surface area contributed by atoms with Gasteiger partial charge in [0.05, 0.1) is 25.3 Å². The van der Waals surface area contributed by atoms with E-state index in [1.54, 1.807) is 12.3 Å². The number of hydrogen-bond acceptors (Lipinski definition) is 8. The number of thiazole rings is 1. The Bertz CT molecular complexity index is 597. The standard InChI is InChI=1S/C11H14N6O3S/c1-2-20-10(19)5-8-6-21-11(13-8)14-9(18)3-4-17-7-12-15-16-17/h6-7H,2-5H2,1H3,(H,13,14,18). The van der Waals surface area contributed by atoms with Crippen molar-refractivity contribution < 1.29 is 14.3 Å². The van der Waals surface area contributed by atoms with Crippen LogP contribution < -0.4 is 5.32 Å². The summed E-state index contributed by atoms with van der Waals surface area (Å²) in [4.78, 5) is 27.2. The van der Waals surface area contributed by atoms with Gasteiger partial charge in [0.1, 0.15) is 6.33 Å². The van der Waals surface area contributed by atoms with Crippen LogP contribution in [0.1, 0.15) is 19.0 Å². The Hall–Kier alpha value is -2.36. The zero-order valence-corrected chi connectivity index (χ0v) is 12.2. The summed E-state index contributed by atoms with van der Waals surface area (Å²) < 4.78 is 6.30. The van der Waals surface area contributed by atoms with Crippen LogP contribution in [0.5, 0.6) is 0 Å². The van der Waals surface area contributed by atoms with Crippen LogP contribution in [-0.2, 0) is 27.3 Å². The largest absolute Gasteiger partial charge is 0.466 e. The van der Waals surface area contributed by atoms with Crippen molar-refractivity contribution in [3.05, 3.63) is 17.4 Å². The lowest BCUT2D eigenvalue weighted by atomic mass is 10.3. The molecule has 0 atom stereocenters. The maximum Gasteiger partial charge on any atom is 0.311 e. The summed E-state index contributed by atoms with van der Waals surface area (Å²) in [5.41, 5.74) is 0.578. The van der Waals surface area contributed by atoms with E-state index in [2.05, 4.69) is 25.8 Å². The van der Waals surface area contributed by atoms with Crippen LogP contribution in [0.15, 0.2) is 11.7 Å². The minimum atomic E-state index is -0.334. The van der Waals surface area contributed by atoms with Crippen LogP contribution in [-0.4, -0.2) is 43.7 Å². The van der Waals surface area contributed by atoms with Gasteiger partial charge in [0.25, 0.3) is 0 Å². The van der Waals surface area contributed by atoms with Crippen LogP contribution >= 0.6 is 11.3 Å². The molecule has 0 aliphatic heterocycles. The van der Waals surface area contributed by atoms with Gasteiger partial charge in [0, 0.05) is 11.8 Å². The van der Waals surface area contributed by atoms with E-state index in [0.717, 1.165) is 0 Å². The highest BCUT2D eigenvalue weighted by Crippen LogP contribution is 2.16. The van der Waals surface area contributed by atoms with E-state index in [1.807, 2.05) is 0 Å². The van der Waals surface area contributed by atoms with Gasteiger partial charge in [0.15, 0.2) is 5.13 Å². The molecule has 0 saturated heterocycles. The van der Waals surface area contributed by atoms with Crippen LogP contribution in [0.2, 0.25) is 0 Å². The van der Waals surface area contributed by atoms with E-state index in [0.29, 0.717) is 24.0 Å². The molecular formula is C11H14N6O3S. The van der Waals surface area contributed by atoms with Gasteiger partial charge >= 0.3 is 5.97 Å². The average molecular weight is 310 g/mol. The number of carbonyl (C=O) groups excluding carboxylic acids is 2. The lowest BCUT2D eigenvalue weighted by Crippen LogP contribution is -2.15. The molecule has 0 aliphatic rings. The van der Waals surface area contributed by atoms with Crippen LogP contribution in [0.3, 0.4) is 0 Å². The first-order valence-corrected chi connectivity index (χ1v) is 7.16. The summed E-state index contributed by atoms with van der Waals surface area (Å²) >= 11 is 1.26. The fourth-order valence-electron chi connectivity index (χ4n) is 1.49. The Balaban J connectivity index is 1.78. The summed E-state index contributed by atoms with van der Waals surface area (Å²) in [7, 11) is 0. The molecule has 0 aliphatic carbocycles. The second kappa shape index (κ2) is 7.43. The molecule has 0 unspecified atom stereocenters. The van der Waals surface area contributed by atoms with Crippen molar-refractivity contribution >= 4 is 28.3 Å². The molecule has 21 heavy (non-hydrogen) atoms. The highest BCUT2D eigenvalue weighted by Gasteiger charge is 2.10. The number of aromatic nitrogens is 5.